The Kier molecular flexibility index (Phi) is 3.35. The van der Waals surface area contributed by atoms with Crippen molar-refractivity contribution < 1.29 is 9.59 Å². The van der Waals surface area contributed by atoms with Crippen molar-refractivity contribution in [2.45, 2.75) is 45.2 Å². The predicted molar refractivity (Wildman–Crippen MR) is 77.6 cm³/mol. The van der Waals surface area contributed by atoms with Gasteiger partial charge in [0.2, 0.25) is 11.8 Å². The Bertz CT molecular complexity index is 607. The Morgan fingerprint density at radius 1 is 1.32 bits per heavy atom. The van der Waals surface area contributed by atoms with Crippen molar-refractivity contribution in [2.75, 3.05) is 13.1 Å². The van der Waals surface area contributed by atoms with Crippen LogP contribution in [-0.4, -0.2) is 44.6 Å². The monoisotopic (exact) mass is 303 g/mol. The molecule has 7 nitrogen and oxygen atoms in total. The molecule has 0 bridgehead atoms. The van der Waals surface area contributed by atoms with Crippen LogP contribution in [0, 0.1) is 11.8 Å². The van der Waals surface area contributed by atoms with Gasteiger partial charge in [0.25, 0.3) is 0 Å². The Labute approximate surface area is 129 Å². The number of carbonyl (C=O) groups is 2. The van der Waals surface area contributed by atoms with Gasteiger partial charge in [0.1, 0.15) is 5.82 Å². The third kappa shape index (κ3) is 2.60. The highest BCUT2D eigenvalue weighted by Crippen LogP contribution is 2.32. The van der Waals surface area contributed by atoms with Crippen LogP contribution >= 0.6 is 0 Å². The zero-order chi connectivity index (χ0) is 15.1. The van der Waals surface area contributed by atoms with Gasteiger partial charge in [-0.15, -0.1) is 10.2 Å². The number of carbonyl (C=O) groups excluding carboxylic acids is 2. The van der Waals surface area contributed by atoms with Gasteiger partial charge in [0, 0.05) is 32.5 Å². The molecule has 1 aliphatic carbocycles. The van der Waals surface area contributed by atoms with Gasteiger partial charge in [-0.25, -0.2) is 0 Å². The van der Waals surface area contributed by atoms with E-state index in [4.69, 9.17) is 0 Å². The SMILES string of the molecule is O=C(NCc1nnc2n1CCC2)[C@@H]1CC(=O)N(CC2CC2)C1. The van der Waals surface area contributed by atoms with E-state index in [1.54, 1.807) is 0 Å². The lowest BCUT2D eigenvalue weighted by Crippen LogP contribution is -2.33. The molecule has 7 heteroatoms. The number of nitrogens with zero attached hydrogens (tertiary/aromatic N) is 4. The van der Waals surface area contributed by atoms with Gasteiger partial charge < -0.3 is 14.8 Å². The maximum absolute atomic E-state index is 12.3. The number of hydrogen-bond acceptors (Lipinski definition) is 4. The number of rotatable bonds is 5. The Balaban J connectivity index is 1.31. The van der Waals surface area contributed by atoms with E-state index in [9.17, 15) is 9.59 Å². The average molecular weight is 303 g/mol. The summed E-state index contributed by atoms with van der Waals surface area (Å²) in [6.45, 7) is 2.74. The van der Waals surface area contributed by atoms with Gasteiger partial charge in [-0.1, -0.05) is 0 Å². The molecular weight excluding hydrogens is 282 g/mol. The molecule has 0 radical (unpaired) electrons. The summed E-state index contributed by atoms with van der Waals surface area (Å²) in [5, 5.41) is 11.2. The summed E-state index contributed by atoms with van der Waals surface area (Å²) in [5.41, 5.74) is 0. The van der Waals surface area contributed by atoms with E-state index in [2.05, 4.69) is 20.1 Å². The predicted octanol–water partition coefficient (Wildman–Crippen LogP) is 0.0990. The maximum Gasteiger partial charge on any atom is 0.225 e. The molecule has 1 aromatic heterocycles. The van der Waals surface area contributed by atoms with Crippen molar-refractivity contribution in [1.82, 2.24) is 25.0 Å². The summed E-state index contributed by atoms with van der Waals surface area (Å²) in [6.07, 6.45) is 4.85. The lowest BCUT2D eigenvalue weighted by atomic mass is 10.1. The van der Waals surface area contributed by atoms with Crippen molar-refractivity contribution in [1.29, 1.82) is 0 Å². The number of fused-ring (bicyclic) bond motifs is 1. The molecule has 0 aromatic carbocycles. The molecule has 1 aromatic rings. The highest BCUT2D eigenvalue weighted by atomic mass is 16.2. The van der Waals surface area contributed by atoms with Crippen LogP contribution in [0.1, 0.15) is 37.3 Å². The van der Waals surface area contributed by atoms with E-state index in [0.29, 0.717) is 25.4 Å². The first-order valence-electron chi connectivity index (χ1n) is 8.17. The lowest BCUT2D eigenvalue weighted by Gasteiger charge is -2.15. The number of nitrogens with one attached hydrogen (secondary N) is 1. The molecule has 1 N–H and O–H groups in total. The van der Waals surface area contributed by atoms with Gasteiger partial charge in [-0.2, -0.15) is 0 Å². The van der Waals surface area contributed by atoms with Gasteiger partial charge in [-0.3, -0.25) is 9.59 Å². The van der Waals surface area contributed by atoms with Crippen LogP contribution in [0.4, 0.5) is 0 Å². The molecule has 2 fully saturated rings. The van der Waals surface area contributed by atoms with E-state index < -0.39 is 0 Å². The Morgan fingerprint density at radius 2 is 2.18 bits per heavy atom. The number of aromatic nitrogens is 3. The van der Waals surface area contributed by atoms with Gasteiger partial charge >= 0.3 is 0 Å². The summed E-state index contributed by atoms with van der Waals surface area (Å²) in [6, 6.07) is 0. The van der Waals surface area contributed by atoms with Crippen LogP contribution in [0.15, 0.2) is 0 Å². The lowest BCUT2D eigenvalue weighted by molar-refractivity contribution is -0.129. The zero-order valence-corrected chi connectivity index (χ0v) is 12.6. The molecule has 22 heavy (non-hydrogen) atoms. The second-order valence-corrected chi connectivity index (χ2v) is 6.65. The normalized spacial score (nSPS) is 23.9. The largest absolute Gasteiger partial charge is 0.348 e. The van der Waals surface area contributed by atoms with Crippen molar-refractivity contribution in [2.24, 2.45) is 11.8 Å². The van der Waals surface area contributed by atoms with Crippen LogP contribution in [-0.2, 0) is 29.1 Å². The van der Waals surface area contributed by atoms with Crippen molar-refractivity contribution in [3.8, 4) is 0 Å². The van der Waals surface area contributed by atoms with Gasteiger partial charge in [0.15, 0.2) is 5.82 Å². The standard InChI is InChI=1S/C15H21N5O2/c21-14-6-11(9-19(14)8-10-3-4-10)15(22)16-7-13-18-17-12-2-1-5-20(12)13/h10-11H,1-9H2,(H,16,22)/t11-/m1/s1. The molecular formula is C15H21N5O2. The molecule has 3 aliphatic rings. The third-order valence-electron chi connectivity index (χ3n) is 4.87. The fourth-order valence-corrected chi connectivity index (χ4v) is 3.39. The van der Waals surface area contributed by atoms with Crippen LogP contribution < -0.4 is 5.32 Å². The van der Waals surface area contributed by atoms with Gasteiger partial charge in [0.05, 0.1) is 12.5 Å². The minimum atomic E-state index is -0.216. The quantitative estimate of drug-likeness (QED) is 0.836. The molecule has 4 rings (SSSR count). The number of aryl methyl sites for hydroxylation is 1. The second kappa shape index (κ2) is 5.37. The highest BCUT2D eigenvalue weighted by Gasteiger charge is 2.37. The molecule has 1 saturated heterocycles. The van der Waals surface area contributed by atoms with E-state index in [0.717, 1.165) is 37.6 Å². The second-order valence-electron chi connectivity index (χ2n) is 6.65. The molecule has 1 atom stereocenters. The van der Waals surface area contributed by atoms with Crippen LogP contribution in [0.5, 0.6) is 0 Å². The molecule has 2 aliphatic heterocycles. The smallest absolute Gasteiger partial charge is 0.225 e. The number of likely N-dealkylation sites (tertiary alicyclic amines) is 1. The van der Waals surface area contributed by atoms with Crippen LogP contribution in [0.3, 0.4) is 0 Å². The Hall–Kier alpha value is -1.92. The van der Waals surface area contributed by atoms with Crippen molar-refractivity contribution in [3.63, 3.8) is 0 Å². The van der Waals surface area contributed by atoms with E-state index in [-0.39, 0.29) is 17.7 Å². The van der Waals surface area contributed by atoms with Crippen molar-refractivity contribution >= 4 is 11.8 Å². The van der Waals surface area contributed by atoms with Crippen LogP contribution in [0.25, 0.3) is 0 Å². The molecule has 3 heterocycles. The van der Waals surface area contributed by atoms with Gasteiger partial charge in [-0.05, 0) is 25.2 Å². The van der Waals surface area contributed by atoms with Crippen molar-refractivity contribution in [3.05, 3.63) is 11.6 Å². The summed E-state index contributed by atoms with van der Waals surface area (Å²) < 4.78 is 2.08. The minimum Gasteiger partial charge on any atom is -0.348 e. The minimum absolute atomic E-state index is 0.0398. The fraction of sp³-hybridized carbons (Fsp3) is 0.733. The molecule has 0 spiro atoms. The maximum atomic E-state index is 12.3. The first-order valence-corrected chi connectivity index (χ1v) is 8.17. The third-order valence-corrected chi connectivity index (χ3v) is 4.87. The summed E-state index contributed by atoms with van der Waals surface area (Å²) in [4.78, 5) is 26.1. The van der Waals surface area contributed by atoms with E-state index >= 15 is 0 Å². The fourth-order valence-electron chi connectivity index (χ4n) is 3.39. The summed E-state index contributed by atoms with van der Waals surface area (Å²) in [7, 11) is 0. The molecule has 2 amide bonds. The highest BCUT2D eigenvalue weighted by molar-refractivity contribution is 5.89. The topological polar surface area (TPSA) is 80.1 Å². The average Bonchev–Trinajstić information content (AvgIpc) is 2.91. The zero-order valence-electron chi connectivity index (χ0n) is 12.6. The number of amides is 2. The van der Waals surface area contributed by atoms with E-state index in [1.807, 2.05) is 4.90 Å². The van der Waals surface area contributed by atoms with Crippen LogP contribution in [0.2, 0.25) is 0 Å². The Morgan fingerprint density at radius 3 is 3.00 bits per heavy atom. The summed E-state index contributed by atoms with van der Waals surface area (Å²) >= 11 is 0. The molecule has 1 saturated carbocycles. The molecule has 118 valence electrons. The summed E-state index contributed by atoms with van der Waals surface area (Å²) in [5.74, 6) is 2.37. The van der Waals surface area contributed by atoms with E-state index in [1.165, 1.54) is 12.8 Å². The number of hydrogen-bond donors (Lipinski definition) is 1. The first kappa shape index (κ1) is 13.7. The first-order chi connectivity index (χ1) is 10.7. The molecule has 0 unspecified atom stereocenters.